The summed E-state index contributed by atoms with van der Waals surface area (Å²) in [6, 6.07) is 2.83. The van der Waals surface area contributed by atoms with Crippen LogP contribution < -0.4 is 11.1 Å². The third-order valence-electron chi connectivity index (χ3n) is 2.28. The van der Waals surface area contributed by atoms with Crippen LogP contribution >= 0.6 is 0 Å². The average Bonchev–Trinajstić information content (AvgIpc) is 2.27. The highest BCUT2D eigenvalue weighted by Gasteiger charge is 2.16. The van der Waals surface area contributed by atoms with Crippen molar-refractivity contribution in [1.82, 2.24) is 0 Å². The topological polar surface area (TPSA) is 92.4 Å². The molecule has 0 fully saturated rings. The molecule has 0 radical (unpaired) electrons. The number of carbonyl (C=O) groups excluding carboxylic acids is 1. The number of rotatable bonds is 5. The molecule has 0 aliphatic rings. The van der Waals surface area contributed by atoms with Crippen LogP contribution in [0, 0.1) is 5.82 Å². The van der Waals surface area contributed by atoms with Crippen LogP contribution in [0.25, 0.3) is 0 Å². The van der Waals surface area contributed by atoms with Crippen LogP contribution in [-0.2, 0) is 4.79 Å². The Hall–Kier alpha value is -2.11. The smallest absolute Gasteiger partial charge is 0.326 e. The van der Waals surface area contributed by atoms with Gasteiger partial charge in [-0.1, -0.05) is 6.92 Å². The molecular weight excluding hydrogens is 227 g/mol. The molecule has 1 amide bonds. The van der Waals surface area contributed by atoms with Gasteiger partial charge in [-0.25, -0.2) is 9.18 Å². The zero-order valence-electron chi connectivity index (χ0n) is 9.24. The van der Waals surface area contributed by atoms with Crippen molar-refractivity contribution in [1.29, 1.82) is 0 Å². The van der Waals surface area contributed by atoms with Gasteiger partial charge in [0.05, 0.1) is 5.56 Å². The minimum Gasteiger partial charge on any atom is -0.480 e. The van der Waals surface area contributed by atoms with Gasteiger partial charge in [0.1, 0.15) is 11.9 Å². The molecule has 1 rings (SSSR count). The number of amides is 1. The lowest BCUT2D eigenvalue weighted by Crippen LogP contribution is -2.28. The zero-order valence-corrected chi connectivity index (χ0v) is 9.24. The fraction of sp³-hybridized carbons (Fsp3) is 0.273. The molecule has 1 unspecified atom stereocenters. The normalized spacial score (nSPS) is 11.9. The Balaban J connectivity index is 2.96. The number of carboxylic acids is 1. The van der Waals surface area contributed by atoms with Crippen molar-refractivity contribution < 1.29 is 19.1 Å². The van der Waals surface area contributed by atoms with E-state index in [4.69, 9.17) is 10.8 Å². The van der Waals surface area contributed by atoms with Crippen LogP contribution in [0.4, 0.5) is 10.1 Å². The molecule has 0 spiro atoms. The first-order chi connectivity index (χ1) is 7.95. The van der Waals surface area contributed by atoms with Crippen LogP contribution in [0.15, 0.2) is 18.2 Å². The van der Waals surface area contributed by atoms with Gasteiger partial charge in [0, 0.05) is 5.69 Å². The maximum absolute atomic E-state index is 13.2. The van der Waals surface area contributed by atoms with Gasteiger partial charge in [-0.15, -0.1) is 0 Å². The maximum atomic E-state index is 13.2. The lowest BCUT2D eigenvalue weighted by atomic mass is 10.1. The van der Waals surface area contributed by atoms with E-state index in [0.717, 1.165) is 6.07 Å². The van der Waals surface area contributed by atoms with Crippen LogP contribution in [0.5, 0.6) is 0 Å². The molecule has 4 N–H and O–H groups in total. The number of halogens is 1. The summed E-state index contributed by atoms with van der Waals surface area (Å²) in [4.78, 5) is 21.7. The van der Waals surface area contributed by atoms with E-state index in [1.54, 1.807) is 6.92 Å². The first-order valence-corrected chi connectivity index (χ1v) is 5.04. The molecule has 0 aromatic heterocycles. The van der Waals surface area contributed by atoms with Gasteiger partial charge < -0.3 is 16.2 Å². The molecule has 5 nitrogen and oxygen atoms in total. The van der Waals surface area contributed by atoms with E-state index in [-0.39, 0.29) is 5.56 Å². The van der Waals surface area contributed by atoms with E-state index in [0.29, 0.717) is 12.1 Å². The third-order valence-corrected chi connectivity index (χ3v) is 2.28. The van der Waals surface area contributed by atoms with Gasteiger partial charge in [0.2, 0.25) is 0 Å². The molecule has 0 aliphatic heterocycles. The second kappa shape index (κ2) is 5.29. The molecule has 6 heteroatoms. The Bertz CT molecular complexity index is 448. The summed E-state index contributed by atoms with van der Waals surface area (Å²) >= 11 is 0. The van der Waals surface area contributed by atoms with Crippen molar-refractivity contribution in [3.05, 3.63) is 29.6 Å². The summed E-state index contributed by atoms with van der Waals surface area (Å²) in [6.07, 6.45) is 0.360. The number of benzene rings is 1. The van der Waals surface area contributed by atoms with Crippen molar-refractivity contribution in [3.63, 3.8) is 0 Å². The molecule has 0 bridgehead atoms. The van der Waals surface area contributed by atoms with E-state index in [1.807, 2.05) is 0 Å². The van der Waals surface area contributed by atoms with Crippen molar-refractivity contribution in [2.24, 2.45) is 5.73 Å². The Morgan fingerprint density at radius 2 is 2.18 bits per heavy atom. The van der Waals surface area contributed by atoms with Crippen molar-refractivity contribution in [3.8, 4) is 0 Å². The first-order valence-electron chi connectivity index (χ1n) is 5.04. The number of aliphatic carboxylic acids is 1. The summed E-state index contributed by atoms with van der Waals surface area (Å²) in [5.74, 6) is -2.64. The summed E-state index contributed by atoms with van der Waals surface area (Å²) in [5, 5.41) is 11.5. The van der Waals surface area contributed by atoms with Crippen LogP contribution in [0.2, 0.25) is 0 Å². The summed E-state index contributed by atoms with van der Waals surface area (Å²) in [6.45, 7) is 1.70. The molecule has 92 valence electrons. The highest BCUT2D eigenvalue weighted by atomic mass is 19.1. The van der Waals surface area contributed by atoms with Crippen molar-refractivity contribution >= 4 is 17.6 Å². The Morgan fingerprint density at radius 3 is 2.65 bits per heavy atom. The fourth-order valence-corrected chi connectivity index (χ4v) is 1.34. The highest BCUT2D eigenvalue weighted by molar-refractivity contribution is 5.94. The second-order valence-electron chi connectivity index (χ2n) is 3.50. The minimum absolute atomic E-state index is 0.268. The average molecular weight is 240 g/mol. The molecule has 1 aromatic rings. The van der Waals surface area contributed by atoms with Gasteiger partial charge in [-0.3, -0.25) is 4.79 Å². The van der Waals surface area contributed by atoms with Crippen molar-refractivity contribution in [2.45, 2.75) is 19.4 Å². The first kappa shape index (κ1) is 13.0. The van der Waals surface area contributed by atoms with E-state index in [1.165, 1.54) is 12.1 Å². The predicted molar refractivity (Wildman–Crippen MR) is 60.3 cm³/mol. The quantitative estimate of drug-likeness (QED) is 0.721. The molecule has 1 atom stereocenters. The van der Waals surface area contributed by atoms with Crippen LogP contribution in [0.3, 0.4) is 0 Å². The largest absolute Gasteiger partial charge is 0.480 e. The number of hydrogen-bond donors (Lipinski definition) is 3. The fourth-order valence-electron chi connectivity index (χ4n) is 1.34. The Morgan fingerprint density at radius 1 is 1.53 bits per heavy atom. The Kier molecular flexibility index (Phi) is 4.03. The number of anilines is 1. The van der Waals surface area contributed by atoms with E-state index in [9.17, 15) is 14.0 Å². The number of hydrogen-bond acceptors (Lipinski definition) is 3. The maximum Gasteiger partial charge on any atom is 0.326 e. The van der Waals surface area contributed by atoms with Gasteiger partial charge in [0.25, 0.3) is 5.91 Å². The molecule has 0 heterocycles. The van der Waals surface area contributed by atoms with E-state index < -0.39 is 23.7 Å². The molecular formula is C11H13FN2O3. The van der Waals surface area contributed by atoms with E-state index >= 15 is 0 Å². The molecule has 0 aliphatic carbocycles. The highest BCUT2D eigenvalue weighted by Crippen LogP contribution is 2.16. The standard InChI is InChI=1S/C11H13FN2O3/c1-2-9(11(16)17)14-6-3-4-8(12)7(5-6)10(13)15/h3-5,9,14H,2H2,1H3,(H2,13,15)(H,16,17). The van der Waals surface area contributed by atoms with Gasteiger partial charge in [-0.05, 0) is 24.6 Å². The van der Waals surface area contributed by atoms with Crippen LogP contribution in [0.1, 0.15) is 23.7 Å². The molecule has 1 aromatic carbocycles. The minimum atomic E-state index is -1.02. The monoisotopic (exact) mass is 240 g/mol. The Labute approximate surface area is 97.4 Å². The predicted octanol–water partition coefficient (Wildman–Crippen LogP) is 1.20. The SMILES string of the molecule is CCC(Nc1ccc(F)c(C(N)=O)c1)C(=O)O. The van der Waals surface area contributed by atoms with Gasteiger partial charge in [-0.2, -0.15) is 0 Å². The number of primary amides is 1. The summed E-state index contributed by atoms with van der Waals surface area (Å²) < 4.78 is 13.2. The lowest BCUT2D eigenvalue weighted by Gasteiger charge is -2.14. The third kappa shape index (κ3) is 3.17. The zero-order chi connectivity index (χ0) is 13.0. The van der Waals surface area contributed by atoms with Crippen molar-refractivity contribution in [2.75, 3.05) is 5.32 Å². The molecule has 17 heavy (non-hydrogen) atoms. The van der Waals surface area contributed by atoms with E-state index in [2.05, 4.69) is 5.32 Å². The van der Waals surface area contributed by atoms with Gasteiger partial charge >= 0.3 is 5.97 Å². The number of nitrogens with one attached hydrogen (secondary N) is 1. The number of carbonyl (C=O) groups is 2. The summed E-state index contributed by atoms with van der Waals surface area (Å²) in [5.41, 5.74) is 5.06. The van der Waals surface area contributed by atoms with Crippen LogP contribution in [-0.4, -0.2) is 23.0 Å². The summed E-state index contributed by atoms with van der Waals surface area (Å²) in [7, 11) is 0. The van der Waals surface area contributed by atoms with Gasteiger partial charge in [0.15, 0.2) is 0 Å². The second-order valence-corrected chi connectivity index (χ2v) is 3.50. The lowest BCUT2D eigenvalue weighted by molar-refractivity contribution is -0.137. The molecule has 0 saturated heterocycles. The molecule has 0 saturated carbocycles. The number of nitrogens with two attached hydrogens (primary N) is 1. The number of carboxylic acid groups (broad SMARTS) is 1.